The highest BCUT2D eigenvalue weighted by molar-refractivity contribution is 14.1. The van der Waals surface area contributed by atoms with Gasteiger partial charge in [0.05, 0.1) is 16.9 Å². The fourth-order valence-electron chi connectivity index (χ4n) is 1.95. The van der Waals surface area contributed by atoms with Gasteiger partial charge in [-0.1, -0.05) is 12.1 Å². The van der Waals surface area contributed by atoms with E-state index < -0.39 is 0 Å². The van der Waals surface area contributed by atoms with Gasteiger partial charge in [0.2, 0.25) is 0 Å². The van der Waals surface area contributed by atoms with Crippen molar-refractivity contribution in [3.63, 3.8) is 0 Å². The Bertz CT molecular complexity index is 737. The van der Waals surface area contributed by atoms with Crippen LogP contribution in [0.1, 0.15) is 26.5 Å². The second-order valence-electron chi connectivity index (χ2n) is 5.07. The number of carbonyl (C=O) groups is 2. The van der Waals surface area contributed by atoms with Crippen molar-refractivity contribution in [1.82, 2.24) is 14.7 Å². The second kappa shape index (κ2) is 6.47. The number of hydrogen-bond donors (Lipinski definition) is 1. The van der Waals surface area contributed by atoms with Crippen molar-refractivity contribution >= 4 is 40.1 Å². The van der Waals surface area contributed by atoms with Crippen LogP contribution in [-0.4, -0.2) is 40.6 Å². The van der Waals surface area contributed by atoms with Gasteiger partial charge in [-0.05, 0) is 41.6 Å². The molecule has 2 amide bonds. The molecule has 22 heavy (non-hydrogen) atoms. The molecule has 1 heterocycles. The molecule has 1 aromatic heterocycles. The molecule has 0 spiro atoms. The zero-order valence-electron chi connectivity index (χ0n) is 12.8. The molecule has 1 N–H and O–H groups in total. The van der Waals surface area contributed by atoms with Gasteiger partial charge < -0.3 is 10.2 Å². The summed E-state index contributed by atoms with van der Waals surface area (Å²) in [5, 5.41) is 7.03. The number of anilines is 1. The van der Waals surface area contributed by atoms with Crippen molar-refractivity contribution in [2.45, 2.75) is 6.92 Å². The summed E-state index contributed by atoms with van der Waals surface area (Å²) < 4.78 is 2.43. The monoisotopic (exact) mass is 412 g/mol. The third-order valence-corrected chi connectivity index (χ3v) is 4.24. The van der Waals surface area contributed by atoms with Crippen LogP contribution >= 0.6 is 22.6 Å². The Labute approximate surface area is 142 Å². The Hall–Kier alpha value is -1.90. The number of halogens is 1. The molecule has 0 radical (unpaired) electrons. The maximum absolute atomic E-state index is 12.5. The maximum atomic E-state index is 12.5. The number of nitrogens with one attached hydrogen (secondary N) is 1. The number of hydrogen-bond acceptors (Lipinski definition) is 3. The molecule has 0 saturated carbocycles. The van der Waals surface area contributed by atoms with E-state index in [-0.39, 0.29) is 17.5 Å². The molecule has 0 unspecified atom stereocenters. The molecule has 0 aliphatic carbocycles. The van der Waals surface area contributed by atoms with Crippen LogP contribution in [0.3, 0.4) is 0 Å². The van der Waals surface area contributed by atoms with Crippen molar-refractivity contribution in [3.05, 3.63) is 44.8 Å². The van der Waals surface area contributed by atoms with Crippen LogP contribution in [0, 0.1) is 10.5 Å². The highest BCUT2D eigenvalue weighted by Crippen LogP contribution is 2.22. The summed E-state index contributed by atoms with van der Waals surface area (Å²) >= 11 is 2.11. The summed E-state index contributed by atoms with van der Waals surface area (Å²) in [6.45, 7) is 1.81. The Morgan fingerprint density at radius 2 is 1.91 bits per heavy atom. The van der Waals surface area contributed by atoms with Crippen LogP contribution in [0.25, 0.3) is 0 Å². The van der Waals surface area contributed by atoms with Gasteiger partial charge in [0, 0.05) is 24.7 Å². The molecule has 0 atom stereocenters. The summed E-state index contributed by atoms with van der Waals surface area (Å²) in [6, 6.07) is 7.28. The highest BCUT2D eigenvalue weighted by atomic mass is 127. The SMILES string of the molecule is Cc1c(NC(=O)c2ccccc2I)c(C(=O)N(C)C)nn1C. The topological polar surface area (TPSA) is 67.2 Å². The number of nitrogens with zero attached hydrogens (tertiary/aromatic N) is 3. The van der Waals surface area contributed by atoms with Crippen molar-refractivity contribution < 1.29 is 9.59 Å². The lowest BCUT2D eigenvalue weighted by molar-refractivity contribution is 0.0822. The van der Waals surface area contributed by atoms with Gasteiger partial charge in [0.1, 0.15) is 0 Å². The van der Waals surface area contributed by atoms with Crippen LogP contribution < -0.4 is 5.32 Å². The number of carbonyl (C=O) groups excluding carboxylic acids is 2. The van der Waals surface area contributed by atoms with Gasteiger partial charge in [0.25, 0.3) is 11.8 Å². The van der Waals surface area contributed by atoms with Crippen LogP contribution in [0.5, 0.6) is 0 Å². The van der Waals surface area contributed by atoms with Crippen molar-refractivity contribution in [2.24, 2.45) is 7.05 Å². The molecule has 1 aromatic carbocycles. The molecular formula is C15H17IN4O2. The number of aryl methyl sites for hydroxylation is 1. The van der Waals surface area contributed by atoms with E-state index in [4.69, 9.17) is 0 Å². The molecule has 0 aliphatic heterocycles. The predicted molar refractivity (Wildman–Crippen MR) is 93.1 cm³/mol. The normalized spacial score (nSPS) is 10.4. The Kier molecular flexibility index (Phi) is 4.84. The van der Waals surface area contributed by atoms with Gasteiger partial charge in [0.15, 0.2) is 5.69 Å². The van der Waals surface area contributed by atoms with E-state index in [1.54, 1.807) is 38.0 Å². The predicted octanol–water partition coefficient (Wildman–Crippen LogP) is 2.29. The van der Waals surface area contributed by atoms with Crippen LogP contribution in [0.15, 0.2) is 24.3 Å². The van der Waals surface area contributed by atoms with Crippen molar-refractivity contribution in [3.8, 4) is 0 Å². The number of amides is 2. The van der Waals surface area contributed by atoms with Crippen molar-refractivity contribution in [1.29, 1.82) is 0 Å². The van der Waals surface area contributed by atoms with E-state index in [1.807, 2.05) is 19.1 Å². The molecule has 0 aliphatic rings. The molecule has 116 valence electrons. The maximum Gasteiger partial charge on any atom is 0.276 e. The fourth-order valence-corrected chi connectivity index (χ4v) is 2.58. The minimum absolute atomic E-state index is 0.240. The van der Waals surface area contributed by atoms with Crippen LogP contribution in [-0.2, 0) is 7.05 Å². The third kappa shape index (κ3) is 3.13. The first kappa shape index (κ1) is 16.5. The Morgan fingerprint density at radius 1 is 1.27 bits per heavy atom. The highest BCUT2D eigenvalue weighted by Gasteiger charge is 2.23. The summed E-state index contributed by atoms with van der Waals surface area (Å²) in [6.07, 6.45) is 0. The summed E-state index contributed by atoms with van der Waals surface area (Å²) in [5.41, 5.74) is 1.98. The van der Waals surface area contributed by atoms with E-state index >= 15 is 0 Å². The number of aromatic nitrogens is 2. The lowest BCUT2D eigenvalue weighted by Crippen LogP contribution is -2.24. The average molecular weight is 412 g/mol. The second-order valence-corrected chi connectivity index (χ2v) is 6.23. The van der Waals surface area contributed by atoms with Gasteiger partial charge in [-0.3, -0.25) is 14.3 Å². The summed E-state index contributed by atoms with van der Waals surface area (Å²) in [7, 11) is 5.04. The molecule has 2 rings (SSSR count). The van der Waals surface area contributed by atoms with E-state index in [1.165, 1.54) is 4.90 Å². The first-order valence-electron chi connectivity index (χ1n) is 6.64. The van der Waals surface area contributed by atoms with Crippen LogP contribution in [0.2, 0.25) is 0 Å². The molecular weight excluding hydrogens is 395 g/mol. The lowest BCUT2D eigenvalue weighted by atomic mass is 10.2. The van der Waals surface area contributed by atoms with E-state index in [2.05, 4.69) is 33.0 Å². The first-order valence-corrected chi connectivity index (χ1v) is 7.72. The van der Waals surface area contributed by atoms with E-state index in [0.29, 0.717) is 11.3 Å². The number of rotatable bonds is 3. The molecule has 7 heteroatoms. The summed E-state index contributed by atoms with van der Waals surface area (Å²) in [4.78, 5) is 26.1. The molecule has 0 fully saturated rings. The van der Waals surface area contributed by atoms with Gasteiger partial charge in [-0.15, -0.1) is 0 Å². The fraction of sp³-hybridized carbons (Fsp3) is 0.267. The summed E-state index contributed by atoms with van der Waals surface area (Å²) in [5.74, 6) is -0.504. The van der Waals surface area contributed by atoms with Gasteiger partial charge in [-0.2, -0.15) is 5.10 Å². The number of benzene rings is 1. The van der Waals surface area contributed by atoms with Gasteiger partial charge in [-0.25, -0.2) is 0 Å². The van der Waals surface area contributed by atoms with Crippen molar-refractivity contribution in [2.75, 3.05) is 19.4 Å². The molecule has 6 nitrogen and oxygen atoms in total. The smallest absolute Gasteiger partial charge is 0.276 e. The lowest BCUT2D eigenvalue weighted by Gasteiger charge is -2.11. The van der Waals surface area contributed by atoms with Gasteiger partial charge >= 0.3 is 0 Å². The first-order chi connectivity index (χ1) is 10.3. The average Bonchev–Trinajstić information content (AvgIpc) is 2.75. The largest absolute Gasteiger partial charge is 0.343 e. The van der Waals surface area contributed by atoms with Crippen LogP contribution in [0.4, 0.5) is 5.69 Å². The Morgan fingerprint density at radius 3 is 2.50 bits per heavy atom. The quantitative estimate of drug-likeness (QED) is 0.787. The third-order valence-electron chi connectivity index (χ3n) is 3.30. The molecule has 0 saturated heterocycles. The molecule has 0 bridgehead atoms. The minimum atomic E-state index is -0.256. The zero-order chi connectivity index (χ0) is 16.4. The van der Waals surface area contributed by atoms with E-state index in [9.17, 15) is 9.59 Å². The minimum Gasteiger partial charge on any atom is -0.343 e. The molecule has 2 aromatic rings. The standard InChI is InChI=1S/C15H17IN4O2/c1-9-12(13(18-20(9)4)15(22)19(2)3)17-14(21)10-7-5-6-8-11(10)16/h5-8H,1-4H3,(H,17,21). The Balaban J connectivity index is 2.39. The van der Waals surface area contributed by atoms with E-state index in [0.717, 1.165) is 9.26 Å². The zero-order valence-corrected chi connectivity index (χ0v) is 15.0.